The van der Waals surface area contributed by atoms with E-state index in [1.165, 1.54) is 11.8 Å². The van der Waals surface area contributed by atoms with Crippen molar-refractivity contribution in [1.29, 1.82) is 0 Å². The second-order valence-electron chi connectivity index (χ2n) is 6.63. The minimum absolute atomic E-state index is 0.115. The molecule has 3 aromatic rings. The summed E-state index contributed by atoms with van der Waals surface area (Å²) < 4.78 is 3.73. The van der Waals surface area contributed by atoms with Crippen molar-refractivity contribution in [2.24, 2.45) is 0 Å². The molecular weight excluding hydrogens is 488 g/mol. The SMILES string of the molecule is Cc1cc(/C=C2/SC(=S)N(c3ccc(Cl)cc3)C2=O)c(C)n1-c1ccc(Br)cc1. The molecule has 1 aliphatic heterocycles. The topological polar surface area (TPSA) is 25.2 Å². The zero-order chi connectivity index (χ0) is 20.7. The van der Waals surface area contributed by atoms with Crippen LogP contribution >= 0.6 is 51.5 Å². The lowest BCUT2D eigenvalue weighted by atomic mass is 10.2. The van der Waals surface area contributed by atoms with Crippen LogP contribution in [0.4, 0.5) is 5.69 Å². The molecule has 1 amide bonds. The van der Waals surface area contributed by atoms with Crippen LogP contribution in [0.25, 0.3) is 11.8 Å². The van der Waals surface area contributed by atoms with Gasteiger partial charge in [-0.1, -0.05) is 51.5 Å². The van der Waals surface area contributed by atoms with E-state index < -0.39 is 0 Å². The van der Waals surface area contributed by atoms with Crippen molar-refractivity contribution in [2.75, 3.05) is 4.90 Å². The number of aromatic nitrogens is 1. The molecule has 2 heterocycles. The normalized spacial score (nSPS) is 15.6. The van der Waals surface area contributed by atoms with Gasteiger partial charge < -0.3 is 4.57 Å². The number of thiocarbonyl (C=S) groups is 1. The maximum Gasteiger partial charge on any atom is 0.270 e. The number of rotatable bonds is 3. The van der Waals surface area contributed by atoms with Gasteiger partial charge in [0.15, 0.2) is 4.32 Å². The van der Waals surface area contributed by atoms with E-state index in [4.69, 9.17) is 23.8 Å². The Kier molecular flexibility index (Phi) is 5.71. The highest BCUT2D eigenvalue weighted by Crippen LogP contribution is 2.37. The van der Waals surface area contributed by atoms with E-state index in [-0.39, 0.29) is 5.91 Å². The predicted molar refractivity (Wildman–Crippen MR) is 130 cm³/mol. The van der Waals surface area contributed by atoms with Gasteiger partial charge in [0.1, 0.15) is 0 Å². The maximum absolute atomic E-state index is 13.0. The average Bonchev–Trinajstić information content (AvgIpc) is 3.12. The van der Waals surface area contributed by atoms with Crippen LogP contribution in [0.2, 0.25) is 5.02 Å². The summed E-state index contributed by atoms with van der Waals surface area (Å²) in [4.78, 5) is 15.2. The van der Waals surface area contributed by atoms with Gasteiger partial charge in [0.05, 0.1) is 10.6 Å². The highest BCUT2D eigenvalue weighted by atomic mass is 79.9. The first-order valence-corrected chi connectivity index (χ1v) is 11.2. The van der Waals surface area contributed by atoms with E-state index in [9.17, 15) is 4.79 Å². The van der Waals surface area contributed by atoms with Gasteiger partial charge in [-0.25, -0.2) is 0 Å². The van der Waals surface area contributed by atoms with Crippen LogP contribution in [0.5, 0.6) is 0 Å². The number of hydrogen-bond acceptors (Lipinski definition) is 3. The van der Waals surface area contributed by atoms with Crippen LogP contribution in [0.1, 0.15) is 17.0 Å². The molecule has 1 aliphatic rings. The molecule has 0 spiro atoms. The minimum atomic E-state index is -0.115. The Hall–Kier alpha value is -1.86. The number of carbonyl (C=O) groups is 1. The Balaban J connectivity index is 1.69. The second-order valence-corrected chi connectivity index (χ2v) is 9.66. The van der Waals surface area contributed by atoms with Crippen LogP contribution in [-0.2, 0) is 4.79 Å². The van der Waals surface area contributed by atoms with Gasteiger partial charge in [-0.2, -0.15) is 0 Å². The average molecular weight is 504 g/mol. The third-order valence-corrected chi connectivity index (χ3v) is 6.80. The molecule has 0 unspecified atom stereocenters. The Morgan fingerprint density at radius 3 is 2.31 bits per heavy atom. The zero-order valence-corrected chi connectivity index (χ0v) is 19.6. The summed E-state index contributed by atoms with van der Waals surface area (Å²) >= 11 is 16.2. The van der Waals surface area contributed by atoms with E-state index in [0.29, 0.717) is 14.2 Å². The number of nitrogens with zero attached hydrogens (tertiary/aromatic N) is 2. The van der Waals surface area contributed by atoms with Crippen molar-refractivity contribution < 1.29 is 4.79 Å². The number of halogens is 2. The molecule has 0 N–H and O–H groups in total. The quantitative estimate of drug-likeness (QED) is 0.287. The van der Waals surface area contributed by atoms with Gasteiger partial charge in [0.2, 0.25) is 0 Å². The smallest absolute Gasteiger partial charge is 0.270 e. The first-order valence-electron chi connectivity index (χ1n) is 8.83. The molecule has 1 aromatic heterocycles. The number of aryl methyl sites for hydroxylation is 1. The fourth-order valence-electron chi connectivity index (χ4n) is 3.34. The number of amides is 1. The summed E-state index contributed by atoms with van der Waals surface area (Å²) in [6.45, 7) is 4.12. The van der Waals surface area contributed by atoms with Gasteiger partial charge in [-0.15, -0.1) is 0 Å². The van der Waals surface area contributed by atoms with Gasteiger partial charge in [-0.3, -0.25) is 9.69 Å². The Morgan fingerprint density at radius 1 is 1.03 bits per heavy atom. The monoisotopic (exact) mass is 502 g/mol. The predicted octanol–water partition coefficient (Wildman–Crippen LogP) is 6.92. The van der Waals surface area contributed by atoms with Crippen LogP contribution in [0.3, 0.4) is 0 Å². The van der Waals surface area contributed by atoms with Crippen molar-refractivity contribution >= 4 is 73.5 Å². The van der Waals surface area contributed by atoms with Gasteiger partial charge >= 0.3 is 0 Å². The summed E-state index contributed by atoms with van der Waals surface area (Å²) in [5.74, 6) is -0.115. The molecule has 0 aliphatic carbocycles. The molecule has 4 rings (SSSR count). The number of hydrogen-bond donors (Lipinski definition) is 0. The van der Waals surface area contributed by atoms with E-state index in [2.05, 4.69) is 52.5 Å². The van der Waals surface area contributed by atoms with Crippen LogP contribution in [0.15, 0.2) is 64.0 Å². The summed E-state index contributed by atoms with van der Waals surface area (Å²) in [7, 11) is 0. The Bertz CT molecular complexity index is 1150. The number of anilines is 1. The lowest BCUT2D eigenvalue weighted by Crippen LogP contribution is -2.27. The third-order valence-electron chi connectivity index (χ3n) is 4.72. The zero-order valence-electron chi connectivity index (χ0n) is 15.6. The number of benzene rings is 2. The van der Waals surface area contributed by atoms with Crippen molar-refractivity contribution in [3.8, 4) is 5.69 Å². The molecule has 0 atom stereocenters. The molecule has 1 fully saturated rings. The summed E-state index contributed by atoms with van der Waals surface area (Å²) in [6.07, 6.45) is 1.92. The van der Waals surface area contributed by atoms with Crippen molar-refractivity contribution in [2.45, 2.75) is 13.8 Å². The molecule has 1 saturated heterocycles. The fourth-order valence-corrected chi connectivity index (χ4v) is 5.02. The van der Waals surface area contributed by atoms with Gasteiger partial charge in [0.25, 0.3) is 5.91 Å². The van der Waals surface area contributed by atoms with E-state index in [1.54, 1.807) is 29.2 Å². The van der Waals surface area contributed by atoms with Gasteiger partial charge in [-0.05, 0) is 80.1 Å². The standard InChI is InChI=1S/C22H16BrClN2OS2/c1-13-11-15(14(2)25(13)18-7-3-16(23)4-8-18)12-20-21(27)26(22(28)29-20)19-9-5-17(24)6-10-19/h3-12H,1-2H3/b20-12+. The highest BCUT2D eigenvalue weighted by molar-refractivity contribution is 9.10. The lowest BCUT2D eigenvalue weighted by Gasteiger charge is -2.14. The van der Waals surface area contributed by atoms with Crippen molar-refractivity contribution in [1.82, 2.24) is 4.57 Å². The Labute approximate surface area is 192 Å². The lowest BCUT2D eigenvalue weighted by molar-refractivity contribution is -0.113. The van der Waals surface area contributed by atoms with E-state index in [0.717, 1.165) is 32.8 Å². The minimum Gasteiger partial charge on any atom is -0.318 e. The van der Waals surface area contributed by atoms with Crippen LogP contribution < -0.4 is 4.90 Å². The third kappa shape index (κ3) is 3.94. The summed E-state index contributed by atoms with van der Waals surface area (Å²) in [5.41, 5.74) is 4.98. The first kappa shape index (κ1) is 20.4. The summed E-state index contributed by atoms with van der Waals surface area (Å²) in [5, 5.41) is 0.620. The second kappa shape index (κ2) is 8.11. The van der Waals surface area contributed by atoms with Crippen molar-refractivity contribution in [3.05, 3.63) is 85.9 Å². The number of thioether (sulfide) groups is 1. The molecule has 2 aromatic carbocycles. The van der Waals surface area contributed by atoms with E-state index >= 15 is 0 Å². The largest absolute Gasteiger partial charge is 0.318 e. The van der Waals surface area contributed by atoms with Crippen LogP contribution in [-0.4, -0.2) is 14.8 Å². The molecule has 0 saturated carbocycles. The Morgan fingerprint density at radius 2 is 1.66 bits per heavy atom. The van der Waals surface area contributed by atoms with Gasteiger partial charge in [0, 0.05) is 26.6 Å². The highest BCUT2D eigenvalue weighted by Gasteiger charge is 2.33. The molecule has 29 heavy (non-hydrogen) atoms. The molecule has 3 nitrogen and oxygen atoms in total. The van der Waals surface area contributed by atoms with Crippen LogP contribution in [0, 0.1) is 13.8 Å². The van der Waals surface area contributed by atoms with E-state index in [1.807, 2.05) is 18.2 Å². The maximum atomic E-state index is 13.0. The molecule has 146 valence electrons. The summed E-state index contributed by atoms with van der Waals surface area (Å²) in [6, 6.07) is 17.4. The molecular formula is C22H16BrClN2OS2. The number of carbonyl (C=O) groups excluding carboxylic acids is 1. The van der Waals surface area contributed by atoms with Crippen molar-refractivity contribution in [3.63, 3.8) is 0 Å². The molecule has 0 radical (unpaired) electrons. The fraction of sp³-hybridized carbons (Fsp3) is 0.0909. The molecule has 0 bridgehead atoms. The molecule has 7 heteroatoms. The first-order chi connectivity index (χ1) is 13.8.